The van der Waals surface area contributed by atoms with E-state index in [4.69, 9.17) is 10.5 Å². The summed E-state index contributed by atoms with van der Waals surface area (Å²) in [6.45, 7) is 2.72. The molecule has 1 atom stereocenters. The molecule has 1 aromatic heterocycles. The molecule has 1 aromatic carbocycles. The van der Waals surface area contributed by atoms with Crippen LogP contribution in [-0.4, -0.2) is 43.0 Å². The molecule has 2 aliphatic rings. The average Bonchev–Trinajstić information content (AvgIpc) is 3.11. The Labute approximate surface area is 181 Å². The maximum Gasteiger partial charge on any atom is 0.251 e. The van der Waals surface area contributed by atoms with Crippen LogP contribution < -0.4 is 15.8 Å². The molecule has 2 heterocycles. The van der Waals surface area contributed by atoms with E-state index >= 15 is 0 Å². The Morgan fingerprint density at radius 2 is 1.97 bits per heavy atom. The first-order valence-electron chi connectivity index (χ1n) is 10.7. The number of ether oxygens (including phenoxy) is 1. The molecule has 0 radical (unpaired) electrons. The number of para-hydroxylation sites is 1. The zero-order valence-corrected chi connectivity index (χ0v) is 18.0. The van der Waals surface area contributed by atoms with E-state index in [1.807, 2.05) is 30.3 Å². The number of amides is 2. The van der Waals surface area contributed by atoms with Crippen LogP contribution in [0.2, 0.25) is 0 Å². The molecular weight excluding hydrogens is 398 g/mol. The Hall–Kier alpha value is -2.38. The number of carbonyl (C=O) groups excluding carboxylic acids is 2. The standard InChI is InChI=1S/C23H29N3O3S/c24-22(28)21-18-10-4-5-11-19(18)30-23(21)25-20(27)14-26-12-6-7-16(13-26)15-29-17-8-2-1-3-9-17/h1-3,8-9,16H,4-7,10-15H2,(H2,24,28)(H,25,27). The average molecular weight is 428 g/mol. The summed E-state index contributed by atoms with van der Waals surface area (Å²) < 4.78 is 5.91. The number of nitrogens with two attached hydrogens (primary N) is 1. The van der Waals surface area contributed by atoms with Gasteiger partial charge in [0.1, 0.15) is 10.8 Å². The zero-order valence-electron chi connectivity index (χ0n) is 17.2. The van der Waals surface area contributed by atoms with E-state index in [2.05, 4.69) is 10.2 Å². The van der Waals surface area contributed by atoms with Crippen LogP contribution >= 0.6 is 11.3 Å². The smallest absolute Gasteiger partial charge is 0.251 e. The molecule has 30 heavy (non-hydrogen) atoms. The molecule has 1 saturated heterocycles. The first kappa shape index (κ1) is 20.9. The van der Waals surface area contributed by atoms with Gasteiger partial charge >= 0.3 is 0 Å². The van der Waals surface area contributed by atoms with Gasteiger partial charge in [0.25, 0.3) is 5.91 Å². The number of piperidine rings is 1. The molecule has 3 N–H and O–H groups in total. The lowest BCUT2D eigenvalue weighted by molar-refractivity contribution is -0.117. The number of benzene rings is 1. The third-order valence-corrected chi connectivity index (χ3v) is 7.08. The molecule has 0 spiro atoms. The van der Waals surface area contributed by atoms with Crippen molar-refractivity contribution in [3.05, 3.63) is 46.3 Å². The van der Waals surface area contributed by atoms with Crippen molar-refractivity contribution in [1.82, 2.24) is 4.90 Å². The van der Waals surface area contributed by atoms with E-state index in [0.29, 0.717) is 29.6 Å². The van der Waals surface area contributed by atoms with Gasteiger partial charge in [-0.2, -0.15) is 0 Å². The molecule has 160 valence electrons. The molecule has 1 aliphatic heterocycles. The van der Waals surface area contributed by atoms with Crippen LogP contribution in [0.4, 0.5) is 5.00 Å². The monoisotopic (exact) mass is 427 g/mol. The van der Waals surface area contributed by atoms with E-state index in [0.717, 1.165) is 62.9 Å². The molecule has 1 unspecified atom stereocenters. The predicted octanol–water partition coefficient (Wildman–Crippen LogP) is 3.46. The van der Waals surface area contributed by atoms with Crippen LogP contribution in [0.3, 0.4) is 0 Å². The van der Waals surface area contributed by atoms with Crippen molar-refractivity contribution in [3.63, 3.8) is 0 Å². The Morgan fingerprint density at radius 1 is 1.17 bits per heavy atom. The van der Waals surface area contributed by atoms with Gasteiger partial charge in [0.2, 0.25) is 5.91 Å². The number of carbonyl (C=O) groups is 2. The molecular formula is C23H29N3O3S. The van der Waals surface area contributed by atoms with E-state index in [1.54, 1.807) is 0 Å². The number of nitrogens with zero attached hydrogens (tertiary/aromatic N) is 1. The second kappa shape index (κ2) is 9.62. The van der Waals surface area contributed by atoms with E-state index in [-0.39, 0.29) is 5.91 Å². The predicted molar refractivity (Wildman–Crippen MR) is 119 cm³/mol. The highest BCUT2D eigenvalue weighted by molar-refractivity contribution is 7.17. The highest BCUT2D eigenvalue weighted by Gasteiger charge is 2.26. The minimum atomic E-state index is -0.444. The largest absolute Gasteiger partial charge is 0.493 e. The lowest BCUT2D eigenvalue weighted by Gasteiger charge is -2.32. The van der Waals surface area contributed by atoms with E-state index < -0.39 is 5.91 Å². The summed E-state index contributed by atoms with van der Waals surface area (Å²) in [5.74, 6) is 0.761. The van der Waals surface area contributed by atoms with Crippen molar-refractivity contribution in [3.8, 4) is 5.75 Å². The van der Waals surface area contributed by atoms with Crippen molar-refractivity contribution in [1.29, 1.82) is 0 Å². The number of likely N-dealkylation sites (tertiary alicyclic amines) is 1. The van der Waals surface area contributed by atoms with Gasteiger partial charge in [-0.05, 0) is 62.8 Å². The topological polar surface area (TPSA) is 84.7 Å². The minimum absolute atomic E-state index is 0.0827. The SMILES string of the molecule is NC(=O)c1c(NC(=O)CN2CCCC(COc3ccccc3)C2)sc2c1CCCC2. The molecule has 7 heteroatoms. The van der Waals surface area contributed by atoms with Gasteiger partial charge in [-0.25, -0.2) is 0 Å². The Bertz CT molecular complexity index is 897. The third kappa shape index (κ3) is 5.02. The van der Waals surface area contributed by atoms with Crippen molar-refractivity contribution in [2.24, 2.45) is 11.7 Å². The van der Waals surface area contributed by atoms with Crippen LogP contribution in [0.1, 0.15) is 46.5 Å². The summed E-state index contributed by atoms with van der Waals surface area (Å²) in [7, 11) is 0. The number of hydrogen-bond acceptors (Lipinski definition) is 5. The third-order valence-electron chi connectivity index (χ3n) is 5.87. The first-order valence-corrected chi connectivity index (χ1v) is 11.6. The number of fused-ring (bicyclic) bond motifs is 1. The van der Waals surface area contributed by atoms with E-state index in [9.17, 15) is 9.59 Å². The zero-order chi connectivity index (χ0) is 20.9. The van der Waals surface area contributed by atoms with Crippen molar-refractivity contribution in [2.45, 2.75) is 38.5 Å². The molecule has 4 rings (SSSR count). The van der Waals surface area contributed by atoms with Gasteiger partial charge in [0.15, 0.2) is 0 Å². The fourth-order valence-electron chi connectivity index (χ4n) is 4.45. The normalized spacial score (nSPS) is 19.1. The van der Waals surface area contributed by atoms with Gasteiger partial charge in [-0.3, -0.25) is 14.5 Å². The van der Waals surface area contributed by atoms with Gasteiger partial charge in [0.05, 0.1) is 18.7 Å². The number of nitrogens with one attached hydrogen (secondary N) is 1. The summed E-state index contributed by atoms with van der Waals surface area (Å²) in [5, 5.41) is 3.60. The van der Waals surface area contributed by atoms with Gasteiger partial charge in [-0.1, -0.05) is 18.2 Å². The fourth-order valence-corrected chi connectivity index (χ4v) is 5.76. The highest BCUT2D eigenvalue weighted by Crippen LogP contribution is 2.37. The first-order chi connectivity index (χ1) is 14.6. The summed E-state index contributed by atoms with van der Waals surface area (Å²) in [6.07, 6.45) is 6.18. The quantitative estimate of drug-likeness (QED) is 0.709. The van der Waals surface area contributed by atoms with Crippen LogP contribution in [-0.2, 0) is 17.6 Å². The summed E-state index contributed by atoms with van der Waals surface area (Å²) in [4.78, 5) is 28.1. The molecule has 2 amide bonds. The number of primary amides is 1. The molecule has 2 aromatic rings. The molecule has 1 fully saturated rings. The Morgan fingerprint density at radius 3 is 2.77 bits per heavy atom. The van der Waals surface area contributed by atoms with E-state index in [1.165, 1.54) is 16.2 Å². The van der Waals surface area contributed by atoms with Crippen molar-refractivity contribution >= 4 is 28.2 Å². The van der Waals surface area contributed by atoms with Crippen molar-refractivity contribution in [2.75, 3.05) is 31.6 Å². The summed E-state index contributed by atoms with van der Waals surface area (Å²) in [5.41, 5.74) is 7.21. The maximum absolute atomic E-state index is 12.7. The van der Waals surface area contributed by atoms with Crippen LogP contribution in [0.5, 0.6) is 5.75 Å². The van der Waals surface area contributed by atoms with Crippen LogP contribution in [0.15, 0.2) is 30.3 Å². The maximum atomic E-state index is 12.7. The molecule has 6 nitrogen and oxygen atoms in total. The van der Waals surface area contributed by atoms with Crippen LogP contribution in [0.25, 0.3) is 0 Å². The molecule has 0 saturated carbocycles. The number of aryl methyl sites for hydroxylation is 1. The Balaban J connectivity index is 1.33. The number of thiophene rings is 1. The highest BCUT2D eigenvalue weighted by atomic mass is 32.1. The number of anilines is 1. The van der Waals surface area contributed by atoms with Crippen molar-refractivity contribution < 1.29 is 14.3 Å². The van der Waals surface area contributed by atoms with Gasteiger partial charge in [-0.15, -0.1) is 11.3 Å². The molecule has 0 bridgehead atoms. The number of rotatable bonds is 7. The lowest BCUT2D eigenvalue weighted by Crippen LogP contribution is -2.42. The van der Waals surface area contributed by atoms with Gasteiger partial charge in [0, 0.05) is 17.3 Å². The lowest BCUT2D eigenvalue weighted by atomic mass is 9.95. The summed E-state index contributed by atoms with van der Waals surface area (Å²) in [6, 6.07) is 9.84. The second-order valence-electron chi connectivity index (χ2n) is 8.19. The second-order valence-corrected chi connectivity index (χ2v) is 9.30. The molecule has 1 aliphatic carbocycles. The minimum Gasteiger partial charge on any atom is -0.493 e. The summed E-state index contributed by atoms with van der Waals surface area (Å²) >= 11 is 1.52. The van der Waals surface area contributed by atoms with Crippen LogP contribution in [0, 0.1) is 5.92 Å². The van der Waals surface area contributed by atoms with Gasteiger partial charge < -0.3 is 15.8 Å². The Kier molecular flexibility index (Phi) is 6.69. The number of hydrogen-bond donors (Lipinski definition) is 2. The fraction of sp³-hybridized carbons (Fsp3) is 0.478.